The Hall–Kier alpha value is -2.48. The van der Waals surface area contributed by atoms with Crippen molar-refractivity contribution in [1.82, 2.24) is 15.5 Å². The van der Waals surface area contributed by atoms with Crippen molar-refractivity contribution in [2.24, 2.45) is 5.41 Å². The van der Waals surface area contributed by atoms with Crippen LogP contribution in [0.25, 0.3) is 0 Å². The molecular formula is C21H31N3O5. The molecule has 2 heterocycles. The Morgan fingerprint density at radius 2 is 2.00 bits per heavy atom. The Morgan fingerprint density at radius 3 is 2.69 bits per heavy atom. The van der Waals surface area contributed by atoms with E-state index in [-0.39, 0.29) is 18.1 Å². The van der Waals surface area contributed by atoms with E-state index in [2.05, 4.69) is 15.5 Å². The standard InChI is InChI=1S/C21H31N3O5/c1-21(2,3)18(23-20(26)27)19(25)22-14-7-6-10-24(11-14)12-15-13-28-16-8-4-5-9-17(16)29-15/h4-5,8-9,14-15,18,23H,6-7,10-13H2,1-3H3,(H,22,25)(H,26,27)/t14-,15-,18?/m0/s1. The number of nitrogens with zero attached hydrogens (tertiary/aromatic N) is 1. The number of amides is 2. The van der Waals surface area contributed by atoms with Crippen LogP contribution in [0.1, 0.15) is 33.6 Å². The summed E-state index contributed by atoms with van der Waals surface area (Å²) in [6.45, 7) is 8.40. The van der Waals surface area contributed by atoms with Gasteiger partial charge in [-0.25, -0.2) is 4.79 Å². The number of likely N-dealkylation sites (tertiary alicyclic amines) is 1. The Labute approximate surface area is 171 Å². The molecule has 2 aliphatic rings. The van der Waals surface area contributed by atoms with E-state index in [1.54, 1.807) is 0 Å². The van der Waals surface area contributed by atoms with E-state index in [1.165, 1.54) is 0 Å². The van der Waals surface area contributed by atoms with Gasteiger partial charge in [-0.05, 0) is 36.9 Å². The molecule has 3 N–H and O–H groups in total. The minimum atomic E-state index is -1.19. The van der Waals surface area contributed by atoms with Crippen molar-refractivity contribution < 1.29 is 24.2 Å². The lowest BCUT2D eigenvalue weighted by Gasteiger charge is -2.37. The molecule has 1 aromatic carbocycles. The molecule has 0 bridgehead atoms. The number of fused-ring (bicyclic) bond motifs is 1. The van der Waals surface area contributed by atoms with E-state index in [0.29, 0.717) is 13.2 Å². The van der Waals surface area contributed by atoms with Gasteiger partial charge in [0.2, 0.25) is 5.91 Å². The molecule has 1 saturated heterocycles. The van der Waals surface area contributed by atoms with Crippen molar-refractivity contribution >= 4 is 12.0 Å². The lowest BCUT2D eigenvalue weighted by molar-refractivity contribution is -0.126. The number of carboxylic acid groups (broad SMARTS) is 1. The van der Waals surface area contributed by atoms with Crippen LogP contribution in [0.2, 0.25) is 0 Å². The first-order chi connectivity index (χ1) is 13.7. The molecule has 0 aromatic heterocycles. The van der Waals surface area contributed by atoms with Gasteiger partial charge in [-0.1, -0.05) is 32.9 Å². The van der Waals surface area contributed by atoms with Gasteiger partial charge in [-0.3, -0.25) is 9.69 Å². The SMILES string of the molecule is CC(C)(C)C(NC(=O)O)C(=O)N[C@H]1CCCN(C[C@H]2COc3ccccc3O2)C1. The average Bonchev–Trinajstić information content (AvgIpc) is 2.65. The Morgan fingerprint density at radius 1 is 1.28 bits per heavy atom. The molecule has 8 heteroatoms. The van der Waals surface area contributed by atoms with Crippen molar-refractivity contribution in [2.45, 2.75) is 51.8 Å². The largest absolute Gasteiger partial charge is 0.486 e. The number of piperidine rings is 1. The molecule has 2 amide bonds. The summed E-state index contributed by atoms with van der Waals surface area (Å²) in [6.07, 6.45) is 0.578. The van der Waals surface area contributed by atoms with Gasteiger partial charge in [-0.15, -0.1) is 0 Å². The van der Waals surface area contributed by atoms with Crippen LogP contribution < -0.4 is 20.1 Å². The number of benzene rings is 1. The smallest absolute Gasteiger partial charge is 0.405 e. The van der Waals surface area contributed by atoms with Gasteiger partial charge in [0.25, 0.3) is 0 Å². The van der Waals surface area contributed by atoms with E-state index >= 15 is 0 Å². The average molecular weight is 405 g/mol. The number of carbonyl (C=O) groups excluding carboxylic acids is 1. The topological polar surface area (TPSA) is 100 Å². The number of carbonyl (C=O) groups is 2. The summed E-state index contributed by atoms with van der Waals surface area (Å²) in [6, 6.07) is 6.83. The molecule has 29 heavy (non-hydrogen) atoms. The highest BCUT2D eigenvalue weighted by Gasteiger charge is 2.35. The van der Waals surface area contributed by atoms with Gasteiger partial charge in [-0.2, -0.15) is 0 Å². The third kappa shape index (κ3) is 5.76. The van der Waals surface area contributed by atoms with Gasteiger partial charge in [0, 0.05) is 19.1 Å². The van der Waals surface area contributed by atoms with Crippen LogP contribution >= 0.6 is 0 Å². The quantitative estimate of drug-likeness (QED) is 0.694. The Bertz CT molecular complexity index is 733. The van der Waals surface area contributed by atoms with Crippen LogP contribution in [0.4, 0.5) is 4.79 Å². The zero-order valence-corrected chi connectivity index (χ0v) is 17.3. The second-order valence-electron chi connectivity index (χ2n) is 8.85. The summed E-state index contributed by atoms with van der Waals surface area (Å²) in [4.78, 5) is 26.1. The van der Waals surface area contributed by atoms with E-state index in [4.69, 9.17) is 14.6 Å². The highest BCUT2D eigenvalue weighted by molar-refractivity contribution is 5.86. The fraction of sp³-hybridized carbons (Fsp3) is 0.619. The lowest BCUT2D eigenvalue weighted by atomic mass is 9.86. The summed E-state index contributed by atoms with van der Waals surface area (Å²) in [5, 5.41) is 14.5. The molecule has 1 aromatic rings. The first-order valence-corrected chi connectivity index (χ1v) is 10.1. The third-order valence-corrected chi connectivity index (χ3v) is 5.28. The maximum Gasteiger partial charge on any atom is 0.405 e. The van der Waals surface area contributed by atoms with E-state index in [9.17, 15) is 9.59 Å². The maximum atomic E-state index is 12.7. The molecule has 3 rings (SSSR count). The van der Waals surface area contributed by atoms with Crippen LogP contribution in [0, 0.1) is 5.41 Å². The van der Waals surface area contributed by atoms with E-state index in [1.807, 2.05) is 45.0 Å². The van der Waals surface area contributed by atoms with Crippen molar-refractivity contribution in [1.29, 1.82) is 0 Å². The number of nitrogens with one attached hydrogen (secondary N) is 2. The summed E-state index contributed by atoms with van der Waals surface area (Å²) >= 11 is 0. The summed E-state index contributed by atoms with van der Waals surface area (Å²) in [7, 11) is 0. The van der Waals surface area contributed by atoms with Crippen LogP contribution in [0.15, 0.2) is 24.3 Å². The molecule has 160 valence electrons. The number of para-hydroxylation sites is 2. The fourth-order valence-electron chi connectivity index (χ4n) is 3.86. The molecule has 3 atom stereocenters. The van der Waals surface area contributed by atoms with E-state index < -0.39 is 17.6 Å². The Kier molecular flexibility index (Phi) is 6.52. The molecule has 0 radical (unpaired) electrons. The van der Waals surface area contributed by atoms with E-state index in [0.717, 1.165) is 37.4 Å². The second kappa shape index (κ2) is 8.90. The zero-order chi connectivity index (χ0) is 21.0. The van der Waals surface area contributed by atoms with Crippen LogP contribution in [0.5, 0.6) is 11.5 Å². The summed E-state index contributed by atoms with van der Waals surface area (Å²) in [5.41, 5.74) is -0.516. The molecule has 0 spiro atoms. The number of ether oxygens (including phenoxy) is 2. The first kappa shape index (κ1) is 21.2. The zero-order valence-electron chi connectivity index (χ0n) is 17.3. The predicted molar refractivity (Wildman–Crippen MR) is 108 cm³/mol. The van der Waals surface area contributed by atoms with Crippen molar-refractivity contribution in [3.05, 3.63) is 24.3 Å². The Balaban J connectivity index is 1.54. The lowest BCUT2D eigenvalue weighted by Crippen LogP contribution is -2.58. The van der Waals surface area contributed by atoms with Crippen molar-refractivity contribution in [3.8, 4) is 11.5 Å². The summed E-state index contributed by atoms with van der Waals surface area (Å²) < 4.78 is 11.8. The molecule has 1 unspecified atom stereocenters. The van der Waals surface area contributed by atoms with Gasteiger partial charge < -0.3 is 25.2 Å². The maximum absolute atomic E-state index is 12.7. The van der Waals surface area contributed by atoms with Crippen molar-refractivity contribution in [3.63, 3.8) is 0 Å². The highest BCUT2D eigenvalue weighted by Crippen LogP contribution is 2.31. The highest BCUT2D eigenvalue weighted by atomic mass is 16.6. The number of rotatable bonds is 5. The van der Waals surface area contributed by atoms with Gasteiger partial charge >= 0.3 is 6.09 Å². The molecular weight excluding hydrogens is 374 g/mol. The van der Waals surface area contributed by atoms with Gasteiger partial charge in [0.1, 0.15) is 18.8 Å². The molecule has 0 aliphatic carbocycles. The summed E-state index contributed by atoms with van der Waals surface area (Å²) in [5.74, 6) is 1.25. The fourth-order valence-corrected chi connectivity index (χ4v) is 3.86. The normalized spacial score (nSPS) is 23.1. The molecule has 0 saturated carbocycles. The number of hydrogen-bond donors (Lipinski definition) is 3. The van der Waals surface area contributed by atoms with Crippen LogP contribution in [0.3, 0.4) is 0 Å². The predicted octanol–water partition coefficient (Wildman–Crippen LogP) is 2.09. The third-order valence-electron chi connectivity index (χ3n) is 5.28. The van der Waals surface area contributed by atoms with Crippen molar-refractivity contribution in [2.75, 3.05) is 26.2 Å². The molecule has 2 aliphatic heterocycles. The van der Waals surface area contributed by atoms with Crippen LogP contribution in [-0.2, 0) is 4.79 Å². The van der Waals surface area contributed by atoms with Crippen LogP contribution in [-0.4, -0.2) is 66.4 Å². The second-order valence-corrected chi connectivity index (χ2v) is 8.85. The molecule has 1 fully saturated rings. The van der Waals surface area contributed by atoms with Gasteiger partial charge in [0.15, 0.2) is 11.5 Å². The minimum absolute atomic E-state index is 0.0199. The first-order valence-electron chi connectivity index (χ1n) is 10.1. The molecule has 8 nitrogen and oxygen atoms in total. The minimum Gasteiger partial charge on any atom is -0.486 e. The number of hydrogen-bond acceptors (Lipinski definition) is 5. The van der Waals surface area contributed by atoms with Gasteiger partial charge in [0.05, 0.1) is 0 Å². The monoisotopic (exact) mass is 405 g/mol.